The molecule has 1 N–H and O–H groups in total. The van der Waals surface area contributed by atoms with E-state index in [1.54, 1.807) is 34.8 Å². The third-order valence-corrected chi connectivity index (χ3v) is 4.67. The minimum atomic E-state index is -0.396. The lowest BCUT2D eigenvalue weighted by Crippen LogP contribution is -2.42. The summed E-state index contributed by atoms with van der Waals surface area (Å²) in [5, 5.41) is 2.81. The van der Waals surface area contributed by atoms with Crippen LogP contribution in [0, 0.1) is 11.7 Å². The fourth-order valence-electron chi connectivity index (χ4n) is 3.16. The van der Waals surface area contributed by atoms with Gasteiger partial charge in [-0.15, -0.1) is 0 Å². The molecule has 0 aliphatic carbocycles. The zero-order valence-corrected chi connectivity index (χ0v) is 15.4. The molecular formula is C19H23FN4O2. The van der Waals surface area contributed by atoms with Gasteiger partial charge in [-0.25, -0.2) is 9.37 Å². The Kier molecular flexibility index (Phi) is 4.56. The number of nitrogens with zero attached hydrogens (tertiary/aromatic N) is 3. The monoisotopic (exact) mass is 358 g/mol. The summed E-state index contributed by atoms with van der Waals surface area (Å²) in [5.41, 5.74) is 1.27. The number of likely N-dealkylation sites (tertiary alicyclic amines) is 1. The Balaban J connectivity index is 1.73. The smallest absolute Gasteiger partial charge is 0.232 e. The minimum Gasteiger partial charge on any atom is -0.337 e. The van der Waals surface area contributed by atoms with E-state index in [9.17, 15) is 14.0 Å². The van der Waals surface area contributed by atoms with Crippen molar-refractivity contribution in [2.24, 2.45) is 13.0 Å². The quantitative estimate of drug-likeness (QED) is 0.917. The van der Waals surface area contributed by atoms with Crippen molar-refractivity contribution in [2.75, 3.05) is 11.9 Å². The lowest BCUT2D eigenvalue weighted by atomic mass is 10.1. The molecular weight excluding hydrogens is 335 g/mol. The number of carbonyl (C=O) groups excluding carboxylic acids is 2. The molecule has 2 aromatic rings. The molecule has 6 nitrogen and oxygen atoms in total. The van der Waals surface area contributed by atoms with Crippen LogP contribution >= 0.6 is 0 Å². The van der Waals surface area contributed by atoms with Crippen LogP contribution in [0.3, 0.4) is 0 Å². The van der Waals surface area contributed by atoms with Crippen LogP contribution in [0.4, 0.5) is 10.3 Å². The lowest BCUT2D eigenvalue weighted by molar-refractivity contribution is -0.131. The van der Waals surface area contributed by atoms with Gasteiger partial charge in [0.2, 0.25) is 17.8 Å². The van der Waals surface area contributed by atoms with Gasteiger partial charge in [-0.2, -0.15) is 0 Å². The van der Waals surface area contributed by atoms with Gasteiger partial charge in [0.25, 0.3) is 0 Å². The topological polar surface area (TPSA) is 67.2 Å². The molecule has 0 spiro atoms. The van der Waals surface area contributed by atoms with Crippen molar-refractivity contribution >= 4 is 17.8 Å². The zero-order valence-electron chi connectivity index (χ0n) is 15.4. The van der Waals surface area contributed by atoms with Gasteiger partial charge in [0.05, 0.1) is 17.8 Å². The minimum absolute atomic E-state index is 0.00973. The molecule has 2 heterocycles. The molecule has 0 bridgehead atoms. The van der Waals surface area contributed by atoms with E-state index < -0.39 is 5.92 Å². The van der Waals surface area contributed by atoms with Crippen LogP contribution in [-0.2, 0) is 16.6 Å². The fourth-order valence-corrected chi connectivity index (χ4v) is 3.16. The van der Waals surface area contributed by atoms with E-state index in [0.29, 0.717) is 12.5 Å². The highest BCUT2D eigenvalue weighted by atomic mass is 19.1. The molecule has 1 aromatic carbocycles. The molecule has 0 radical (unpaired) electrons. The molecule has 1 aliphatic heterocycles. The summed E-state index contributed by atoms with van der Waals surface area (Å²) < 4.78 is 14.8. The van der Waals surface area contributed by atoms with E-state index in [2.05, 4.69) is 10.3 Å². The van der Waals surface area contributed by atoms with Gasteiger partial charge in [-0.05, 0) is 45.0 Å². The first-order valence-electron chi connectivity index (χ1n) is 8.56. The van der Waals surface area contributed by atoms with E-state index in [-0.39, 0.29) is 29.6 Å². The Morgan fingerprint density at radius 2 is 1.92 bits per heavy atom. The largest absolute Gasteiger partial charge is 0.337 e. The van der Waals surface area contributed by atoms with Gasteiger partial charge in [0, 0.05) is 31.1 Å². The molecule has 1 saturated heterocycles. The van der Waals surface area contributed by atoms with Crippen molar-refractivity contribution in [1.82, 2.24) is 14.5 Å². The van der Waals surface area contributed by atoms with Crippen LogP contribution < -0.4 is 5.32 Å². The van der Waals surface area contributed by atoms with Crippen molar-refractivity contribution in [1.29, 1.82) is 0 Å². The number of hydrogen-bond donors (Lipinski definition) is 1. The summed E-state index contributed by atoms with van der Waals surface area (Å²) in [6.07, 6.45) is 1.84. The Labute approximate surface area is 152 Å². The number of carbonyl (C=O) groups is 2. The molecule has 26 heavy (non-hydrogen) atoms. The van der Waals surface area contributed by atoms with E-state index in [0.717, 1.165) is 11.3 Å². The standard InChI is InChI=1S/C19H23FN4O2/c1-19(2,3)24-11-13(9-16(24)25)17(26)22-18-21-10-15(23(18)4)12-5-7-14(20)8-6-12/h5-8,10,13H,9,11H2,1-4H3,(H,21,22,26)/t13-/m1/s1. The van der Waals surface area contributed by atoms with Gasteiger partial charge in [-0.3, -0.25) is 14.9 Å². The Morgan fingerprint density at radius 3 is 2.50 bits per heavy atom. The number of rotatable bonds is 3. The first kappa shape index (κ1) is 18.1. The van der Waals surface area contributed by atoms with Crippen LogP contribution in [0.25, 0.3) is 11.3 Å². The second-order valence-electron chi connectivity index (χ2n) is 7.60. The SMILES string of the molecule is Cn1c(-c2ccc(F)cc2)cnc1NC(=O)[C@@H]1CC(=O)N(C(C)(C)C)C1. The number of nitrogens with one attached hydrogen (secondary N) is 1. The summed E-state index contributed by atoms with van der Waals surface area (Å²) in [6, 6.07) is 6.08. The van der Waals surface area contributed by atoms with Gasteiger partial charge in [-0.1, -0.05) is 0 Å². The highest BCUT2D eigenvalue weighted by Gasteiger charge is 2.39. The molecule has 2 amide bonds. The summed E-state index contributed by atoms with van der Waals surface area (Å²) in [4.78, 5) is 30.7. The average molecular weight is 358 g/mol. The summed E-state index contributed by atoms with van der Waals surface area (Å²) in [7, 11) is 1.78. The van der Waals surface area contributed by atoms with Crippen LogP contribution in [0.15, 0.2) is 30.5 Å². The molecule has 1 aliphatic rings. The number of hydrogen-bond acceptors (Lipinski definition) is 3. The molecule has 138 valence electrons. The van der Waals surface area contributed by atoms with Crippen molar-refractivity contribution in [2.45, 2.75) is 32.7 Å². The maximum Gasteiger partial charge on any atom is 0.232 e. The van der Waals surface area contributed by atoms with Gasteiger partial charge in [0.1, 0.15) is 5.82 Å². The molecule has 1 atom stereocenters. The van der Waals surface area contributed by atoms with E-state index in [4.69, 9.17) is 0 Å². The van der Waals surface area contributed by atoms with Gasteiger partial charge >= 0.3 is 0 Å². The molecule has 3 rings (SSSR count). The number of benzene rings is 1. The van der Waals surface area contributed by atoms with E-state index in [1.165, 1.54) is 12.1 Å². The number of imidazole rings is 1. The maximum absolute atomic E-state index is 13.1. The Hall–Kier alpha value is -2.70. The number of amides is 2. The molecule has 7 heteroatoms. The van der Waals surface area contributed by atoms with E-state index in [1.807, 2.05) is 20.8 Å². The van der Waals surface area contributed by atoms with Gasteiger partial charge in [0.15, 0.2) is 0 Å². The predicted octanol–water partition coefficient (Wildman–Crippen LogP) is 2.81. The summed E-state index contributed by atoms with van der Waals surface area (Å²) in [5.74, 6) is -0.531. The molecule has 0 saturated carbocycles. The van der Waals surface area contributed by atoms with Gasteiger partial charge < -0.3 is 9.47 Å². The first-order chi connectivity index (χ1) is 12.2. The molecule has 1 aromatic heterocycles. The average Bonchev–Trinajstić information content (AvgIpc) is 3.12. The molecule has 1 fully saturated rings. The van der Waals surface area contributed by atoms with E-state index >= 15 is 0 Å². The third kappa shape index (κ3) is 3.47. The molecule has 0 unspecified atom stereocenters. The van der Waals surface area contributed by atoms with Crippen molar-refractivity contribution in [3.8, 4) is 11.3 Å². The summed E-state index contributed by atoms with van der Waals surface area (Å²) in [6.45, 7) is 6.28. The fraction of sp³-hybridized carbons (Fsp3) is 0.421. The first-order valence-corrected chi connectivity index (χ1v) is 8.56. The highest BCUT2D eigenvalue weighted by molar-refractivity contribution is 5.96. The second-order valence-corrected chi connectivity index (χ2v) is 7.60. The van der Waals surface area contributed by atoms with Crippen LogP contribution in [0.2, 0.25) is 0 Å². The van der Waals surface area contributed by atoms with Crippen molar-refractivity contribution in [3.63, 3.8) is 0 Å². The van der Waals surface area contributed by atoms with Crippen molar-refractivity contribution in [3.05, 3.63) is 36.3 Å². The highest BCUT2D eigenvalue weighted by Crippen LogP contribution is 2.27. The lowest BCUT2D eigenvalue weighted by Gasteiger charge is -2.31. The normalized spacial score (nSPS) is 17.7. The third-order valence-electron chi connectivity index (χ3n) is 4.67. The number of aromatic nitrogens is 2. The Bertz CT molecular complexity index is 836. The van der Waals surface area contributed by atoms with Crippen LogP contribution in [-0.4, -0.2) is 38.3 Å². The Morgan fingerprint density at radius 1 is 1.27 bits per heavy atom. The van der Waals surface area contributed by atoms with Crippen molar-refractivity contribution < 1.29 is 14.0 Å². The number of halogens is 1. The maximum atomic E-state index is 13.1. The second kappa shape index (κ2) is 6.55. The number of anilines is 1. The zero-order chi connectivity index (χ0) is 19.1. The van der Waals surface area contributed by atoms with Crippen LogP contribution in [0.5, 0.6) is 0 Å². The summed E-state index contributed by atoms with van der Waals surface area (Å²) >= 11 is 0. The van der Waals surface area contributed by atoms with Crippen LogP contribution in [0.1, 0.15) is 27.2 Å². The predicted molar refractivity (Wildman–Crippen MR) is 96.8 cm³/mol.